The minimum Gasteiger partial charge on any atom is -0.508 e. The van der Waals surface area contributed by atoms with E-state index in [1.54, 1.807) is 12.1 Å². The number of phenols is 1. The minimum atomic E-state index is -1.09. The lowest BCUT2D eigenvalue weighted by Gasteiger charge is -2.26. The fraction of sp³-hybridized carbons (Fsp3) is 0.433. The van der Waals surface area contributed by atoms with Crippen LogP contribution in [0.5, 0.6) is 5.75 Å². The van der Waals surface area contributed by atoms with Gasteiger partial charge in [0.15, 0.2) is 0 Å². The van der Waals surface area contributed by atoms with Crippen LogP contribution in [0, 0.1) is 11.8 Å². The van der Waals surface area contributed by atoms with Gasteiger partial charge in [0.05, 0.1) is 0 Å². The zero-order valence-corrected chi connectivity index (χ0v) is 23.9. The summed E-state index contributed by atoms with van der Waals surface area (Å²) in [6, 6.07) is 12.2. The summed E-state index contributed by atoms with van der Waals surface area (Å²) in [5.74, 6) is -1.72. The second kappa shape index (κ2) is 16.6. The van der Waals surface area contributed by atoms with Crippen molar-refractivity contribution < 1.29 is 33.8 Å². The number of alkyl carbamates (subject to hydrolysis) is 1. The number of benzene rings is 2. The first-order valence-electron chi connectivity index (χ1n) is 13.6. The van der Waals surface area contributed by atoms with E-state index in [4.69, 9.17) is 10.3 Å². The first kappa shape index (κ1) is 32.7. The van der Waals surface area contributed by atoms with Gasteiger partial charge < -0.3 is 31.3 Å². The molecule has 0 bridgehead atoms. The van der Waals surface area contributed by atoms with Crippen LogP contribution in [0.3, 0.4) is 0 Å². The first-order valence-corrected chi connectivity index (χ1v) is 13.6. The smallest absolute Gasteiger partial charge is 0.408 e. The van der Waals surface area contributed by atoms with Gasteiger partial charge in [-0.05, 0) is 47.9 Å². The molecule has 2 rings (SSSR count). The third kappa shape index (κ3) is 12.0. The number of ether oxygens (including phenoxy) is 1. The van der Waals surface area contributed by atoms with Gasteiger partial charge in [0.1, 0.15) is 30.5 Å². The van der Waals surface area contributed by atoms with Crippen LogP contribution in [0.25, 0.3) is 5.53 Å². The maximum Gasteiger partial charge on any atom is 0.408 e. The van der Waals surface area contributed by atoms with Crippen molar-refractivity contribution in [2.45, 2.75) is 71.7 Å². The summed E-state index contributed by atoms with van der Waals surface area (Å²) in [6.45, 7) is 7.60. The number of hydrogen-bond donors (Lipinski definition) is 4. The Hall–Kier alpha value is -4.50. The number of ketones is 1. The van der Waals surface area contributed by atoms with Crippen molar-refractivity contribution in [3.05, 3.63) is 71.3 Å². The Labute approximate surface area is 240 Å². The second-order valence-electron chi connectivity index (χ2n) is 10.7. The molecule has 0 spiro atoms. The standard InChI is InChI=1S/C30H39N5O6/c1-19(2)14-25(28(38)33-24(27(37)17-32-31)16-21-10-12-23(36)13-11-21)34-29(39)26(15-20(3)4)35-30(40)41-18-22-8-6-5-7-9-22/h5-13,17,19-20,24-26,36H,14-16,18H2,1-4H3,(H,33,38)(H,34,39)(H,35,40). The Morgan fingerprint density at radius 1 is 0.805 bits per heavy atom. The molecule has 220 valence electrons. The Bertz CT molecular complexity index is 1210. The molecule has 4 N–H and O–H groups in total. The van der Waals surface area contributed by atoms with Crippen molar-refractivity contribution in [1.82, 2.24) is 16.0 Å². The number of hydrogen-bond acceptors (Lipinski definition) is 6. The molecule has 0 fully saturated rings. The maximum atomic E-state index is 13.4. The quantitative estimate of drug-likeness (QED) is 0.147. The number of amides is 3. The van der Waals surface area contributed by atoms with Crippen LogP contribution in [-0.4, -0.2) is 57.9 Å². The highest BCUT2D eigenvalue weighted by Gasteiger charge is 2.31. The van der Waals surface area contributed by atoms with Crippen LogP contribution < -0.4 is 16.0 Å². The van der Waals surface area contributed by atoms with Gasteiger partial charge in [0.25, 0.3) is 5.78 Å². The average Bonchev–Trinajstić information content (AvgIpc) is 2.92. The molecule has 0 aromatic heterocycles. The first-order chi connectivity index (χ1) is 19.5. The maximum absolute atomic E-state index is 13.4. The lowest BCUT2D eigenvalue weighted by molar-refractivity contribution is -0.132. The highest BCUT2D eigenvalue weighted by Crippen LogP contribution is 2.13. The van der Waals surface area contributed by atoms with Gasteiger partial charge in [-0.15, -0.1) is 0 Å². The number of nitrogens with one attached hydrogen (secondary N) is 3. The normalized spacial score (nSPS) is 12.9. The highest BCUT2D eigenvalue weighted by molar-refractivity contribution is 6.28. The van der Waals surface area contributed by atoms with Gasteiger partial charge >= 0.3 is 12.3 Å². The molecule has 3 amide bonds. The SMILES string of the molecule is CC(C)CC(NC(=O)OCc1ccccc1)C(=O)NC(CC(C)C)C(=O)NC(Cc1ccc(O)cc1)C(=O)C=[N+]=[N-]. The number of rotatable bonds is 15. The van der Waals surface area contributed by atoms with Crippen LogP contribution in [0.4, 0.5) is 4.79 Å². The van der Waals surface area contributed by atoms with E-state index in [9.17, 15) is 24.3 Å². The molecule has 0 aliphatic rings. The Kier molecular flexibility index (Phi) is 13.2. The zero-order valence-electron chi connectivity index (χ0n) is 23.9. The number of carbonyl (C=O) groups is 4. The largest absolute Gasteiger partial charge is 0.508 e. The van der Waals surface area contributed by atoms with Crippen molar-refractivity contribution in [2.24, 2.45) is 11.8 Å². The summed E-state index contributed by atoms with van der Waals surface area (Å²) in [5.41, 5.74) is 10.3. The van der Waals surface area contributed by atoms with E-state index in [0.29, 0.717) is 18.2 Å². The third-order valence-electron chi connectivity index (χ3n) is 6.09. The van der Waals surface area contributed by atoms with Crippen LogP contribution in [0.1, 0.15) is 51.7 Å². The fourth-order valence-electron chi connectivity index (χ4n) is 4.09. The lowest BCUT2D eigenvalue weighted by atomic mass is 9.98. The van der Waals surface area contributed by atoms with Crippen molar-refractivity contribution in [2.75, 3.05) is 0 Å². The van der Waals surface area contributed by atoms with E-state index < -0.39 is 41.8 Å². The van der Waals surface area contributed by atoms with Crippen molar-refractivity contribution in [1.29, 1.82) is 0 Å². The molecule has 3 unspecified atom stereocenters. The van der Waals surface area contributed by atoms with Crippen LogP contribution in [0.15, 0.2) is 54.6 Å². The van der Waals surface area contributed by atoms with E-state index in [1.165, 1.54) is 12.1 Å². The van der Waals surface area contributed by atoms with Crippen molar-refractivity contribution >= 4 is 29.9 Å². The molecule has 2 aromatic rings. The van der Waals surface area contributed by atoms with Gasteiger partial charge in [-0.1, -0.05) is 70.2 Å². The minimum absolute atomic E-state index is 0.00338. The average molecular weight is 566 g/mol. The number of aromatic hydroxyl groups is 1. The molecule has 0 heterocycles. The van der Waals surface area contributed by atoms with Gasteiger partial charge in [-0.3, -0.25) is 14.4 Å². The number of nitrogens with zero attached hydrogens (tertiary/aromatic N) is 2. The molecule has 0 saturated carbocycles. The zero-order chi connectivity index (χ0) is 30.4. The van der Waals surface area contributed by atoms with E-state index in [0.717, 1.165) is 5.56 Å². The summed E-state index contributed by atoms with van der Waals surface area (Å²) in [6.07, 6.45) is 0.563. The summed E-state index contributed by atoms with van der Waals surface area (Å²) in [7, 11) is 0. The molecule has 0 aliphatic heterocycles. The van der Waals surface area contributed by atoms with Crippen LogP contribution in [-0.2, 0) is 32.1 Å². The Balaban J connectivity index is 2.15. The topological polar surface area (TPSA) is 170 Å². The molecule has 41 heavy (non-hydrogen) atoms. The Morgan fingerprint density at radius 3 is 1.88 bits per heavy atom. The van der Waals surface area contributed by atoms with E-state index >= 15 is 0 Å². The van der Waals surface area contributed by atoms with E-state index in [-0.39, 0.29) is 37.0 Å². The summed E-state index contributed by atoms with van der Waals surface area (Å²) in [4.78, 5) is 54.6. The number of carbonyl (C=O) groups excluding carboxylic acids is 4. The third-order valence-corrected chi connectivity index (χ3v) is 6.09. The molecule has 11 heteroatoms. The predicted octanol–water partition coefficient (Wildman–Crippen LogP) is 3.16. The predicted molar refractivity (Wildman–Crippen MR) is 153 cm³/mol. The summed E-state index contributed by atoms with van der Waals surface area (Å²) < 4.78 is 5.28. The van der Waals surface area contributed by atoms with Crippen LogP contribution in [0.2, 0.25) is 0 Å². The molecular formula is C30H39N5O6. The molecule has 0 radical (unpaired) electrons. The van der Waals surface area contributed by atoms with E-state index in [1.807, 2.05) is 58.0 Å². The van der Waals surface area contributed by atoms with Gasteiger partial charge in [-0.25, -0.2) is 4.79 Å². The molecule has 0 saturated heterocycles. The monoisotopic (exact) mass is 565 g/mol. The van der Waals surface area contributed by atoms with E-state index in [2.05, 4.69) is 20.7 Å². The Morgan fingerprint density at radius 2 is 1.34 bits per heavy atom. The molecule has 0 aliphatic carbocycles. The summed E-state index contributed by atoms with van der Waals surface area (Å²) >= 11 is 0. The highest BCUT2D eigenvalue weighted by atomic mass is 16.5. The number of Topliss-reactive ketones (excluding diaryl/α,β-unsaturated/α-hetero) is 1. The summed E-state index contributed by atoms with van der Waals surface area (Å²) in [5, 5.41) is 17.5. The van der Waals surface area contributed by atoms with Gasteiger partial charge in [-0.2, -0.15) is 4.79 Å². The fourth-order valence-corrected chi connectivity index (χ4v) is 4.09. The molecule has 3 atom stereocenters. The van der Waals surface area contributed by atoms with Crippen molar-refractivity contribution in [3.63, 3.8) is 0 Å². The van der Waals surface area contributed by atoms with Gasteiger partial charge in [0, 0.05) is 6.42 Å². The van der Waals surface area contributed by atoms with Gasteiger partial charge in [0.2, 0.25) is 11.8 Å². The second-order valence-corrected chi connectivity index (χ2v) is 10.7. The van der Waals surface area contributed by atoms with Crippen LogP contribution >= 0.6 is 0 Å². The molecule has 11 nitrogen and oxygen atoms in total. The molecule has 2 aromatic carbocycles. The van der Waals surface area contributed by atoms with Crippen molar-refractivity contribution in [3.8, 4) is 5.75 Å². The number of phenolic OH excluding ortho intramolecular Hbond substituents is 1. The molecular weight excluding hydrogens is 526 g/mol. The lowest BCUT2D eigenvalue weighted by Crippen LogP contribution is -2.56.